The number of benzene rings is 1. The molecule has 4 heteroatoms. The molecule has 2 rings (SSSR count). The van der Waals surface area contributed by atoms with Crippen LogP contribution in [0.1, 0.15) is 29.3 Å². The lowest BCUT2D eigenvalue weighted by Gasteiger charge is -2.10. The minimum Gasteiger partial charge on any atom is -0.477 e. The topological polar surface area (TPSA) is 63.0 Å². The monoisotopic (exact) mass is 282 g/mol. The lowest BCUT2D eigenvalue weighted by Crippen LogP contribution is -2.12. The van der Waals surface area contributed by atoms with Crippen LogP contribution in [-0.4, -0.2) is 23.6 Å². The fourth-order valence-corrected chi connectivity index (χ4v) is 1.83. The first kappa shape index (κ1) is 14.9. The van der Waals surface area contributed by atoms with Crippen molar-refractivity contribution in [2.75, 3.05) is 6.61 Å². The molecule has 0 aliphatic carbocycles. The van der Waals surface area contributed by atoms with E-state index in [0.29, 0.717) is 23.6 Å². The van der Waals surface area contributed by atoms with Crippen LogP contribution in [0.2, 0.25) is 0 Å². The lowest BCUT2D eigenvalue weighted by atomic mass is 10.1. The second kappa shape index (κ2) is 7.33. The Morgan fingerprint density at radius 1 is 1.24 bits per heavy atom. The van der Waals surface area contributed by atoms with Gasteiger partial charge in [0, 0.05) is 35.5 Å². The summed E-state index contributed by atoms with van der Waals surface area (Å²) in [4.78, 5) is 16.4. The van der Waals surface area contributed by atoms with Gasteiger partial charge in [-0.05, 0) is 12.5 Å². The van der Waals surface area contributed by atoms with Crippen LogP contribution in [0.3, 0.4) is 0 Å². The second-order valence-corrected chi connectivity index (χ2v) is 4.73. The Hall–Kier alpha value is -2.49. The predicted molar refractivity (Wildman–Crippen MR) is 82.2 cm³/mol. The first-order valence-corrected chi connectivity index (χ1v) is 6.93. The van der Waals surface area contributed by atoms with E-state index in [0.717, 1.165) is 6.42 Å². The van der Waals surface area contributed by atoms with Crippen LogP contribution in [0.4, 0.5) is 0 Å². The first-order chi connectivity index (χ1) is 10.2. The number of carbonyl (C=O) groups excluding carboxylic acids is 1. The summed E-state index contributed by atoms with van der Waals surface area (Å²) in [6.45, 7) is 2.44. The van der Waals surface area contributed by atoms with Crippen molar-refractivity contribution in [3.8, 4) is 5.88 Å². The summed E-state index contributed by atoms with van der Waals surface area (Å²) in [6.07, 6.45) is 3.76. The molecule has 108 valence electrons. The van der Waals surface area contributed by atoms with Crippen LogP contribution in [-0.2, 0) is 0 Å². The van der Waals surface area contributed by atoms with Gasteiger partial charge in [-0.25, -0.2) is 4.98 Å². The highest BCUT2D eigenvalue weighted by Crippen LogP contribution is 2.13. The maximum Gasteiger partial charge on any atom is 0.213 e. The summed E-state index contributed by atoms with van der Waals surface area (Å²) < 4.78 is 5.52. The van der Waals surface area contributed by atoms with Crippen LogP contribution in [0.15, 0.2) is 48.7 Å². The number of rotatable bonds is 7. The summed E-state index contributed by atoms with van der Waals surface area (Å²) >= 11 is 0. The summed E-state index contributed by atoms with van der Waals surface area (Å²) in [7, 11) is 0. The van der Waals surface area contributed by atoms with Gasteiger partial charge in [0.1, 0.15) is 0 Å². The largest absolute Gasteiger partial charge is 0.477 e. The Morgan fingerprint density at radius 3 is 2.57 bits per heavy atom. The zero-order valence-electron chi connectivity index (χ0n) is 12.0. The molecule has 1 atom stereocenters. The van der Waals surface area contributed by atoms with E-state index in [1.807, 2.05) is 25.1 Å². The second-order valence-electron chi connectivity index (χ2n) is 4.73. The van der Waals surface area contributed by atoms with Crippen LogP contribution in [0.5, 0.6) is 5.88 Å². The zero-order valence-corrected chi connectivity index (χ0v) is 12.0. The number of nitrogens with one attached hydrogen (secondary N) is 1. The highest BCUT2D eigenvalue weighted by atomic mass is 16.5. The van der Waals surface area contributed by atoms with E-state index in [9.17, 15) is 4.79 Å². The molecule has 0 unspecified atom stereocenters. The van der Waals surface area contributed by atoms with Crippen molar-refractivity contribution < 1.29 is 9.53 Å². The van der Waals surface area contributed by atoms with E-state index < -0.39 is 0 Å². The number of hydrogen-bond acceptors (Lipinski definition) is 4. The number of hydrogen-bond donors (Lipinski definition) is 1. The van der Waals surface area contributed by atoms with E-state index >= 15 is 0 Å². The van der Waals surface area contributed by atoms with Gasteiger partial charge in [-0.15, -0.1) is 0 Å². The number of ketones is 1. The van der Waals surface area contributed by atoms with Crippen molar-refractivity contribution in [1.29, 1.82) is 5.41 Å². The number of ether oxygens (including phenoxy) is 1. The van der Waals surface area contributed by atoms with Gasteiger partial charge in [-0.3, -0.25) is 4.79 Å². The fourth-order valence-electron chi connectivity index (χ4n) is 1.83. The Labute approximate surface area is 124 Å². The minimum absolute atomic E-state index is 0.0550. The van der Waals surface area contributed by atoms with E-state index in [1.165, 1.54) is 12.4 Å². The minimum atomic E-state index is -0.0550. The SMILES string of the molecule is CC[C@H](C=N)COc1ccc(C(=O)c2ccccc2)cn1. The van der Waals surface area contributed by atoms with Crippen molar-refractivity contribution in [2.24, 2.45) is 5.92 Å². The smallest absolute Gasteiger partial charge is 0.213 e. The maximum atomic E-state index is 12.2. The molecule has 0 aliphatic heterocycles. The molecule has 0 spiro atoms. The number of nitrogens with zero attached hydrogens (tertiary/aromatic N) is 1. The molecule has 0 amide bonds. The summed E-state index contributed by atoms with van der Waals surface area (Å²) in [5.41, 5.74) is 1.18. The quantitative estimate of drug-likeness (QED) is 0.625. The molecular formula is C17H18N2O2. The molecule has 0 fully saturated rings. The summed E-state index contributed by atoms with van der Waals surface area (Å²) in [5.74, 6) is 0.512. The van der Waals surface area contributed by atoms with E-state index in [1.54, 1.807) is 24.3 Å². The first-order valence-electron chi connectivity index (χ1n) is 6.93. The van der Waals surface area contributed by atoms with Crippen molar-refractivity contribution in [3.05, 3.63) is 59.8 Å². The van der Waals surface area contributed by atoms with Gasteiger partial charge in [-0.1, -0.05) is 37.3 Å². The van der Waals surface area contributed by atoms with Gasteiger partial charge in [0.2, 0.25) is 5.88 Å². The zero-order chi connectivity index (χ0) is 15.1. The van der Waals surface area contributed by atoms with Crippen molar-refractivity contribution in [3.63, 3.8) is 0 Å². The van der Waals surface area contributed by atoms with Crippen molar-refractivity contribution in [1.82, 2.24) is 4.98 Å². The van der Waals surface area contributed by atoms with Crippen LogP contribution in [0, 0.1) is 11.3 Å². The van der Waals surface area contributed by atoms with Crippen molar-refractivity contribution >= 4 is 12.0 Å². The van der Waals surface area contributed by atoms with Gasteiger partial charge in [0.15, 0.2) is 5.78 Å². The third-order valence-electron chi connectivity index (χ3n) is 3.24. The maximum absolute atomic E-state index is 12.2. The third-order valence-corrected chi connectivity index (χ3v) is 3.24. The standard InChI is InChI=1S/C17H18N2O2/c1-2-13(10-18)12-21-16-9-8-15(11-19-16)17(20)14-6-4-3-5-7-14/h3-11,13,18H,2,12H2,1H3/t13-/m1/s1. The van der Waals surface area contributed by atoms with Gasteiger partial charge >= 0.3 is 0 Å². The average molecular weight is 282 g/mol. The molecule has 1 aromatic carbocycles. The Morgan fingerprint density at radius 2 is 2.00 bits per heavy atom. The van der Waals surface area contributed by atoms with Crippen LogP contribution in [0.25, 0.3) is 0 Å². The molecule has 0 radical (unpaired) electrons. The molecule has 2 aromatic rings. The van der Waals surface area contributed by atoms with Crippen LogP contribution < -0.4 is 4.74 Å². The summed E-state index contributed by atoms with van der Waals surface area (Å²) in [6, 6.07) is 12.5. The number of pyridine rings is 1. The van der Waals surface area contributed by atoms with E-state index in [4.69, 9.17) is 10.1 Å². The van der Waals surface area contributed by atoms with Crippen LogP contribution >= 0.6 is 0 Å². The van der Waals surface area contributed by atoms with Crippen molar-refractivity contribution in [2.45, 2.75) is 13.3 Å². The highest BCUT2D eigenvalue weighted by Gasteiger charge is 2.09. The predicted octanol–water partition coefficient (Wildman–Crippen LogP) is 3.37. The van der Waals surface area contributed by atoms with E-state index in [2.05, 4.69) is 4.98 Å². The number of aromatic nitrogens is 1. The normalized spacial score (nSPS) is 11.7. The summed E-state index contributed by atoms with van der Waals surface area (Å²) in [5, 5.41) is 7.24. The molecule has 0 bridgehead atoms. The molecule has 4 nitrogen and oxygen atoms in total. The fraction of sp³-hybridized carbons (Fsp3) is 0.235. The van der Waals surface area contributed by atoms with E-state index in [-0.39, 0.29) is 11.7 Å². The molecule has 1 aromatic heterocycles. The third kappa shape index (κ3) is 3.99. The van der Waals surface area contributed by atoms with Gasteiger partial charge in [0.25, 0.3) is 0 Å². The Balaban J connectivity index is 2.02. The molecule has 21 heavy (non-hydrogen) atoms. The lowest BCUT2D eigenvalue weighted by molar-refractivity contribution is 0.103. The molecule has 0 aliphatic rings. The van der Waals surface area contributed by atoms with Gasteiger partial charge < -0.3 is 10.1 Å². The highest BCUT2D eigenvalue weighted by molar-refractivity contribution is 6.08. The molecule has 0 saturated heterocycles. The van der Waals surface area contributed by atoms with Gasteiger partial charge in [0.05, 0.1) is 6.61 Å². The molecular weight excluding hydrogens is 264 g/mol. The molecule has 1 heterocycles. The van der Waals surface area contributed by atoms with Gasteiger partial charge in [-0.2, -0.15) is 0 Å². The number of carbonyl (C=O) groups is 1. The average Bonchev–Trinajstić information content (AvgIpc) is 2.56. The Kier molecular flexibility index (Phi) is 5.21. The Bertz CT molecular complexity index is 594. The molecule has 1 N–H and O–H groups in total. The molecule has 0 saturated carbocycles.